The molecule has 126 valence electrons. The molecule has 2 aromatic carbocycles. The Labute approximate surface area is 142 Å². The Morgan fingerprint density at radius 1 is 1.08 bits per heavy atom. The monoisotopic (exact) mass is 326 g/mol. The van der Waals surface area contributed by atoms with Gasteiger partial charge in [-0.15, -0.1) is 0 Å². The lowest BCUT2D eigenvalue weighted by molar-refractivity contribution is 0.0954. The molecule has 1 N–H and O–H groups in total. The molecule has 0 spiro atoms. The summed E-state index contributed by atoms with van der Waals surface area (Å²) < 4.78 is 10.6. The van der Waals surface area contributed by atoms with E-state index >= 15 is 0 Å². The van der Waals surface area contributed by atoms with Crippen LogP contribution < -0.4 is 14.9 Å². The van der Waals surface area contributed by atoms with E-state index in [9.17, 15) is 4.79 Å². The lowest BCUT2D eigenvalue weighted by Crippen LogP contribution is -2.21. The summed E-state index contributed by atoms with van der Waals surface area (Å²) in [6, 6.07) is 12.9. The van der Waals surface area contributed by atoms with E-state index in [1.165, 1.54) is 0 Å². The largest absolute Gasteiger partial charge is 0.497 e. The van der Waals surface area contributed by atoms with Crippen molar-refractivity contribution in [3.8, 4) is 11.5 Å². The van der Waals surface area contributed by atoms with E-state index < -0.39 is 0 Å². The van der Waals surface area contributed by atoms with E-state index in [2.05, 4.69) is 10.5 Å². The molecule has 0 aliphatic carbocycles. The van der Waals surface area contributed by atoms with Crippen molar-refractivity contribution in [1.29, 1.82) is 0 Å². The SMILES string of the molecule is CC/C(=N\NC(=O)c1ccccc1C)c1ccc(OC)cc1OC. The normalized spacial score (nSPS) is 11.1. The summed E-state index contributed by atoms with van der Waals surface area (Å²) >= 11 is 0. The highest BCUT2D eigenvalue weighted by molar-refractivity contribution is 6.04. The molecule has 24 heavy (non-hydrogen) atoms. The molecule has 0 aromatic heterocycles. The molecule has 2 rings (SSSR count). The Balaban J connectivity index is 2.27. The highest BCUT2D eigenvalue weighted by Gasteiger charge is 2.12. The van der Waals surface area contributed by atoms with Crippen molar-refractivity contribution in [3.05, 3.63) is 59.2 Å². The van der Waals surface area contributed by atoms with Crippen LogP contribution in [-0.2, 0) is 0 Å². The number of methoxy groups -OCH3 is 2. The first-order valence-corrected chi connectivity index (χ1v) is 7.75. The lowest BCUT2D eigenvalue weighted by atomic mass is 10.1. The molecule has 0 atom stereocenters. The van der Waals surface area contributed by atoms with Gasteiger partial charge >= 0.3 is 0 Å². The Morgan fingerprint density at radius 2 is 1.83 bits per heavy atom. The maximum Gasteiger partial charge on any atom is 0.271 e. The summed E-state index contributed by atoms with van der Waals surface area (Å²) in [4.78, 5) is 12.3. The Morgan fingerprint density at radius 3 is 2.46 bits per heavy atom. The lowest BCUT2D eigenvalue weighted by Gasteiger charge is -2.12. The molecule has 5 heteroatoms. The van der Waals surface area contributed by atoms with Gasteiger partial charge in [0.25, 0.3) is 5.91 Å². The molecule has 0 radical (unpaired) electrons. The standard InChI is InChI=1S/C19H22N2O3/c1-5-17(16-11-10-14(23-3)12-18(16)24-4)20-21-19(22)15-9-7-6-8-13(15)2/h6-12H,5H2,1-4H3,(H,21,22)/b20-17+. The van der Waals surface area contributed by atoms with Crippen LogP contribution in [0, 0.1) is 6.92 Å². The average Bonchev–Trinajstić information content (AvgIpc) is 2.62. The van der Waals surface area contributed by atoms with Crippen LogP contribution in [0.4, 0.5) is 0 Å². The van der Waals surface area contributed by atoms with E-state index in [-0.39, 0.29) is 5.91 Å². The van der Waals surface area contributed by atoms with E-state index in [4.69, 9.17) is 9.47 Å². The number of nitrogens with one attached hydrogen (secondary N) is 1. The summed E-state index contributed by atoms with van der Waals surface area (Å²) in [7, 11) is 3.20. The van der Waals surface area contributed by atoms with Gasteiger partial charge in [-0.2, -0.15) is 5.10 Å². The third-order valence-corrected chi connectivity index (χ3v) is 3.74. The zero-order valence-electron chi connectivity index (χ0n) is 14.4. The number of rotatable bonds is 6. The number of carbonyl (C=O) groups excluding carboxylic acids is 1. The molecule has 0 aliphatic rings. The molecule has 2 aromatic rings. The van der Waals surface area contributed by atoms with E-state index in [1.807, 2.05) is 44.2 Å². The molecule has 0 heterocycles. The van der Waals surface area contributed by atoms with Gasteiger partial charge in [0.05, 0.1) is 19.9 Å². The van der Waals surface area contributed by atoms with Crippen molar-refractivity contribution in [1.82, 2.24) is 5.43 Å². The molecule has 0 saturated carbocycles. The van der Waals surface area contributed by atoms with Crippen LogP contribution >= 0.6 is 0 Å². The van der Waals surface area contributed by atoms with Gasteiger partial charge in [0.1, 0.15) is 11.5 Å². The number of hydrazone groups is 1. The minimum atomic E-state index is -0.230. The van der Waals surface area contributed by atoms with Crippen molar-refractivity contribution in [2.24, 2.45) is 5.10 Å². The van der Waals surface area contributed by atoms with Crippen molar-refractivity contribution in [2.75, 3.05) is 14.2 Å². The van der Waals surface area contributed by atoms with Crippen LogP contribution in [0.15, 0.2) is 47.6 Å². The zero-order valence-corrected chi connectivity index (χ0v) is 14.4. The summed E-state index contributed by atoms with van der Waals surface area (Å²) in [6.45, 7) is 3.87. The topological polar surface area (TPSA) is 59.9 Å². The quantitative estimate of drug-likeness (QED) is 0.652. The average molecular weight is 326 g/mol. The molecule has 1 amide bonds. The minimum Gasteiger partial charge on any atom is -0.497 e. The number of hydrogen-bond donors (Lipinski definition) is 1. The summed E-state index contributed by atoms with van der Waals surface area (Å²) in [6.07, 6.45) is 0.650. The minimum absolute atomic E-state index is 0.230. The maximum absolute atomic E-state index is 12.3. The van der Waals surface area contributed by atoms with Crippen LogP contribution in [0.5, 0.6) is 11.5 Å². The fourth-order valence-corrected chi connectivity index (χ4v) is 2.37. The van der Waals surface area contributed by atoms with E-state index in [0.717, 1.165) is 16.8 Å². The van der Waals surface area contributed by atoms with Crippen LogP contribution in [0.2, 0.25) is 0 Å². The van der Waals surface area contributed by atoms with Crippen molar-refractivity contribution in [2.45, 2.75) is 20.3 Å². The van der Waals surface area contributed by atoms with Crippen LogP contribution in [0.25, 0.3) is 0 Å². The number of hydrogen-bond acceptors (Lipinski definition) is 4. The van der Waals surface area contributed by atoms with Crippen LogP contribution in [0.3, 0.4) is 0 Å². The highest BCUT2D eigenvalue weighted by atomic mass is 16.5. The third-order valence-electron chi connectivity index (χ3n) is 3.74. The van der Waals surface area contributed by atoms with Gasteiger partial charge in [-0.05, 0) is 37.1 Å². The fourth-order valence-electron chi connectivity index (χ4n) is 2.37. The smallest absolute Gasteiger partial charge is 0.271 e. The first-order valence-electron chi connectivity index (χ1n) is 7.75. The zero-order chi connectivity index (χ0) is 17.5. The summed E-state index contributed by atoms with van der Waals surface area (Å²) in [5.41, 5.74) is 5.71. The molecular weight excluding hydrogens is 304 g/mol. The Hall–Kier alpha value is -2.82. The van der Waals surface area contributed by atoms with Gasteiger partial charge in [0, 0.05) is 17.2 Å². The molecule has 5 nitrogen and oxygen atoms in total. The Bertz CT molecular complexity index is 754. The van der Waals surface area contributed by atoms with E-state index in [1.54, 1.807) is 26.4 Å². The second-order valence-corrected chi connectivity index (χ2v) is 5.23. The number of benzene rings is 2. The molecule has 0 fully saturated rings. The maximum atomic E-state index is 12.3. The first kappa shape index (κ1) is 17.5. The van der Waals surface area contributed by atoms with Gasteiger partial charge in [-0.25, -0.2) is 5.43 Å². The van der Waals surface area contributed by atoms with Crippen molar-refractivity contribution < 1.29 is 14.3 Å². The predicted octanol–water partition coefficient (Wildman–Crippen LogP) is 3.56. The van der Waals surface area contributed by atoms with Crippen molar-refractivity contribution >= 4 is 11.6 Å². The molecule has 0 aliphatic heterocycles. The second-order valence-electron chi connectivity index (χ2n) is 5.23. The molecule has 0 saturated heterocycles. The van der Waals surface area contributed by atoms with Gasteiger partial charge < -0.3 is 9.47 Å². The van der Waals surface area contributed by atoms with Crippen LogP contribution in [0.1, 0.15) is 34.8 Å². The van der Waals surface area contributed by atoms with Gasteiger partial charge in [0.15, 0.2) is 0 Å². The molecule has 0 unspecified atom stereocenters. The van der Waals surface area contributed by atoms with E-state index in [0.29, 0.717) is 23.5 Å². The van der Waals surface area contributed by atoms with Gasteiger partial charge in [0.2, 0.25) is 0 Å². The summed E-state index contributed by atoms with van der Waals surface area (Å²) in [5.74, 6) is 1.13. The highest BCUT2D eigenvalue weighted by Crippen LogP contribution is 2.25. The van der Waals surface area contributed by atoms with Gasteiger partial charge in [-0.1, -0.05) is 25.1 Å². The third kappa shape index (κ3) is 3.93. The fraction of sp³-hybridized carbons (Fsp3) is 0.263. The number of aryl methyl sites for hydroxylation is 1. The van der Waals surface area contributed by atoms with Crippen molar-refractivity contribution in [3.63, 3.8) is 0 Å². The number of nitrogens with zero attached hydrogens (tertiary/aromatic N) is 1. The second kappa shape index (κ2) is 8.15. The summed E-state index contributed by atoms with van der Waals surface area (Å²) in [5, 5.41) is 4.29. The number of ether oxygens (including phenoxy) is 2. The number of amides is 1. The predicted molar refractivity (Wildman–Crippen MR) is 95.0 cm³/mol. The Kier molecular flexibility index (Phi) is 5.95. The number of carbonyl (C=O) groups is 1. The van der Waals surface area contributed by atoms with Gasteiger partial charge in [-0.3, -0.25) is 4.79 Å². The molecule has 0 bridgehead atoms. The first-order chi connectivity index (χ1) is 11.6. The van der Waals surface area contributed by atoms with Crippen LogP contribution in [-0.4, -0.2) is 25.8 Å². The molecular formula is C19H22N2O3.